The fourth-order valence-corrected chi connectivity index (χ4v) is 2.38. The molecule has 0 radical (unpaired) electrons. The van der Waals surface area contributed by atoms with E-state index < -0.39 is 38.4 Å². The van der Waals surface area contributed by atoms with Crippen LogP contribution < -0.4 is 0 Å². The van der Waals surface area contributed by atoms with Gasteiger partial charge in [0.1, 0.15) is 0 Å². The van der Waals surface area contributed by atoms with E-state index in [1.54, 1.807) is 13.8 Å². The Morgan fingerprint density at radius 3 is 2.00 bits per heavy atom. The van der Waals surface area contributed by atoms with Gasteiger partial charge < -0.3 is 4.74 Å². The van der Waals surface area contributed by atoms with E-state index in [9.17, 15) is 21.6 Å². The Morgan fingerprint density at radius 1 is 1.00 bits per heavy atom. The molecule has 126 valence electrons. The van der Waals surface area contributed by atoms with Crippen LogP contribution in [0.1, 0.15) is 33.1 Å². The first-order valence-corrected chi connectivity index (χ1v) is 9.97. The molecule has 0 rings (SSSR count). The molecule has 0 aliphatic carbocycles. The van der Waals surface area contributed by atoms with Gasteiger partial charge in [-0.15, -0.1) is 0 Å². The highest BCUT2D eigenvalue weighted by Gasteiger charge is 2.25. The second kappa shape index (κ2) is 8.66. The van der Waals surface area contributed by atoms with Crippen molar-refractivity contribution in [2.75, 3.05) is 19.1 Å². The number of rotatable bonds is 10. The number of unbranched alkanes of at least 4 members (excludes halogenated alkanes) is 1. The topological polar surface area (TPSA) is 113 Å². The van der Waals surface area contributed by atoms with Gasteiger partial charge in [-0.25, -0.2) is 4.79 Å². The average Bonchev–Trinajstić information content (AvgIpc) is 2.22. The van der Waals surface area contributed by atoms with Gasteiger partial charge in [-0.3, -0.25) is 8.37 Å². The van der Waals surface area contributed by atoms with Crippen molar-refractivity contribution in [3.8, 4) is 0 Å². The summed E-state index contributed by atoms with van der Waals surface area (Å²) < 4.78 is 57.9. The van der Waals surface area contributed by atoms with E-state index in [0.29, 0.717) is 12.8 Å². The van der Waals surface area contributed by atoms with Gasteiger partial charge in [0.2, 0.25) is 0 Å². The van der Waals surface area contributed by atoms with Crippen molar-refractivity contribution < 1.29 is 34.7 Å². The molecule has 0 bridgehead atoms. The molecular weight excluding hydrogens is 324 g/mol. The zero-order valence-corrected chi connectivity index (χ0v) is 14.2. The summed E-state index contributed by atoms with van der Waals surface area (Å²) in [5.41, 5.74) is 0. The lowest BCUT2D eigenvalue weighted by Crippen LogP contribution is -2.30. The second-order valence-electron chi connectivity index (χ2n) is 4.80. The highest BCUT2D eigenvalue weighted by atomic mass is 32.2. The third-order valence-electron chi connectivity index (χ3n) is 2.06. The summed E-state index contributed by atoms with van der Waals surface area (Å²) in [5.74, 6) is -0.764. The molecular formula is C11H22O8S2. The monoisotopic (exact) mass is 346 g/mol. The Morgan fingerprint density at radius 2 is 1.57 bits per heavy atom. The van der Waals surface area contributed by atoms with Crippen LogP contribution in [-0.4, -0.2) is 54.1 Å². The van der Waals surface area contributed by atoms with Crippen LogP contribution >= 0.6 is 0 Å². The molecule has 0 saturated heterocycles. The Balaban J connectivity index is 4.38. The van der Waals surface area contributed by atoms with E-state index in [1.807, 2.05) is 0 Å². The Kier molecular flexibility index (Phi) is 8.37. The van der Waals surface area contributed by atoms with Crippen molar-refractivity contribution in [3.05, 3.63) is 0 Å². The lowest BCUT2D eigenvalue weighted by atomic mass is 10.1. The summed E-state index contributed by atoms with van der Waals surface area (Å²) >= 11 is 0. The van der Waals surface area contributed by atoms with Crippen LogP contribution in [0, 0.1) is 0 Å². The molecule has 21 heavy (non-hydrogen) atoms. The average molecular weight is 346 g/mol. The van der Waals surface area contributed by atoms with Crippen molar-refractivity contribution in [2.24, 2.45) is 0 Å². The summed E-state index contributed by atoms with van der Waals surface area (Å²) in [5, 5.41) is 0. The molecule has 0 aromatic rings. The van der Waals surface area contributed by atoms with Gasteiger partial charge >= 0.3 is 5.97 Å². The Bertz CT molecular complexity index is 520. The van der Waals surface area contributed by atoms with E-state index in [4.69, 9.17) is 4.74 Å². The molecule has 0 amide bonds. The summed E-state index contributed by atoms with van der Waals surface area (Å²) in [7, 11) is -7.30. The van der Waals surface area contributed by atoms with Crippen LogP contribution in [0.2, 0.25) is 0 Å². The Labute approximate surface area is 126 Å². The number of hydrogen-bond acceptors (Lipinski definition) is 8. The number of carbonyl (C=O) groups is 1. The summed E-state index contributed by atoms with van der Waals surface area (Å²) in [6.07, 6.45) is 0.926. The molecule has 0 saturated carbocycles. The van der Waals surface area contributed by atoms with Gasteiger partial charge in [-0.05, 0) is 33.1 Å². The lowest BCUT2D eigenvalue weighted by molar-refractivity contribution is -0.156. The molecule has 0 aromatic carbocycles. The second-order valence-corrected chi connectivity index (χ2v) is 8.04. The van der Waals surface area contributed by atoms with Gasteiger partial charge in [-0.2, -0.15) is 16.8 Å². The zero-order chi connectivity index (χ0) is 16.7. The van der Waals surface area contributed by atoms with E-state index in [1.165, 1.54) is 0 Å². The maximum atomic E-state index is 11.7. The maximum Gasteiger partial charge on any atom is 0.337 e. The molecule has 0 spiro atoms. The first kappa shape index (κ1) is 20.3. The van der Waals surface area contributed by atoms with Crippen molar-refractivity contribution in [1.82, 2.24) is 0 Å². The van der Waals surface area contributed by atoms with Crippen molar-refractivity contribution in [3.63, 3.8) is 0 Å². The standard InChI is InChI=1S/C11H22O8S2/c1-9(2)18-11(12)10(19-21(4,15)16)7-5-6-8-17-20(3,13)14/h9-10H,5-8H2,1-4H3. The lowest BCUT2D eigenvalue weighted by Gasteiger charge is -2.17. The smallest absolute Gasteiger partial charge is 0.337 e. The molecule has 8 nitrogen and oxygen atoms in total. The first-order valence-electron chi connectivity index (χ1n) is 6.34. The van der Waals surface area contributed by atoms with E-state index in [2.05, 4.69) is 8.37 Å². The molecule has 0 fully saturated rings. The predicted octanol–water partition coefficient (Wildman–Crippen LogP) is 0.429. The number of hydrogen-bond donors (Lipinski definition) is 0. The van der Waals surface area contributed by atoms with Gasteiger partial charge in [0, 0.05) is 0 Å². The highest BCUT2D eigenvalue weighted by molar-refractivity contribution is 7.86. The quantitative estimate of drug-likeness (QED) is 0.318. The van der Waals surface area contributed by atoms with Crippen molar-refractivity contribution >= 4 is 26.2 Å². The van der Waals surface area contributed by atoms with Crippen molar-refractivity contribution in [2.45, 2.75) is 45.3 Å². The van der Waals surface area contributed by atoms with Crippen LogP contribution in [0.3, 0.4) is 0 Å². The fourth-order valence-electron chi connectivity index (χ4n) is 1.37. The Hall–Kier alpha value is -0.710. The summed E-state index contributed by atoms with van der Waals surface area (Å²) in [6.45, 7) is 3.23. The van der Waals surface area contributed by atoms with E-state index in [-0.39, 0.29) is 13.0 Å². The number of esters is 1. The van der Waals surface area contributed by atoms with Crippen LogP contribution in [0.15, 0.2) is 0 Å². The molecule has 0 aromatic heterocycles. The van der Waals surface area contributed by atoms with Crippen LogP contribution in [-0.2, 0) is 38.1 Å². The number of ether oxygens (including phenoxy) is 1. The summed E-state index contributed by atoms with van der Waals surface area (Å²) in [6, 6.07) is 0. The van der Waals surface area contributed by atoms with Crippen molar-refractivity contribution in [1.29, 1.82) is 0 Å². The maximum absolute atomic E-state index is 11.7. The third kappa shape index (κ3) is 12.7. The van der Waals surface area contributed by atoms with Crippen LogP contribution in [0.5, 0.6) is 0 Å². The molecule has 0 heterocycles. The zero-order valence-electron chi connectivity index (χ0n) is 12.6. The number of carbonyl (C=O) groups excluding carboxylic acids is 1. The minimum absolute atomic E-state index is 0.0380. The SMILES string of the molecule is CC(C)OC(=O)C(CCCCOS(C)(=O)=O)OS(C)(=O)=O. The molecule has 10 heteroatoms. The molecule has 0 aliphatic rings. The van der Waals surface area contributed by atoms with Gasteiger partial charge in [0.15, 0.2) is 6.10 Å². The van der Waals surface area contributed by atoms with Gasteiger partial charge in [0.05, 0.1) is 25.2 Å². The molecule has 0 aliphatic heterocycles. The minimum Gasteiger partial charge on any atom is -0.461 e. The van der Waals surface area contributed by atoms with E-state index in [0.717, 1.165) is 12.5 Å². The highest BCUT2D eigenvalue weighted by Crippen LogP contribution is 2.11. The van der Waals surface area contributed by atoms with Crippen LogP contribution in [0.4, 0.5) is 0 Å². The molecule has 1 unspecified atom stereocenters. The van der Waals surface area contributed by atoms with Crippen LogP contribution in [0.25, 0.3) is 0 Å². The molecule has 0 N–H and O–H groups in total. The van der Waals surface area contributed by atoms with Gasteiger partial charge in [0.25, 0.3) is 20.2 Å². The predicted molar refractivity (Wildman–Crippen MR) is 75.6 cm³/mol. The minimum atomic E-state index is -3.80. The largest absolute Gasteiger partial charge is 0.461 e. The normalized spacial score (nSPS) is 14.1. The fraction of sp³-hybridized carbons (Fsp3) is 0.909. The summed E-state index contributed by atoms with van der Waals surface area (Å²) in [4.78, 5) is 11.7. The molecule has 1 atom stereocenters. The first-order chi connectivity index (χ1) is 9.41. The van der Waals surface area contributed by atoms with E-state index >= 15 is 0 Å². The third-order valence-corrected chi connectivity index (χ3v) is 3.24. The van der Waals surface area contributed by atoms with Gasteiger partial charge in [-0.1, -0.05) is 0 Å².